The molecule has 4 aromatic carbocycles. The van der Waals surface area contributed by atoms with E-state index in [4.69, 9.17) is 9.97 Å². The van der Waals surface area contributed by atoms with Gasteiger partial charge in [-0.15, -0.1) is 0 Å². The number of rotatable bonds is 8. The summed E-state index contributed by atoms with van der Waals surface area (Å²) in [5.41, 5.74) is 7.40. The van der Waals surface area contributed by atoms with Crippen LogP contribution >= 0.6 is 0 Å². The van der Waals surface area contributed by atoms with E-state index in [9.17, 15) is 0 Å². The first-order valence-corrected chi connectivity index (χ1v) is 17.2. The molecular formula is C36H30N3Si2+. The molecule has 0 amide bonds. The number of para-hydroxylation sites is 1. The van der Waals surface area contributed by atoms with Gasteiger partial charge < -0.3 is 4.90 Å². The van der Waals surface area contributed by atoms with Crippen molar-refractivity contribution in [3.8, 4) is 22.5 Å². The third-order valence-corrected chi connectivity index (χ3v) is 10.5. The summed E-state index contributed by atoms with van der Waals surface area (Å²) in [6.07, 6.45) is 4.04. The van der Waals surface area contributed by atoms with E-state index in [1.54, 1.807) is 0 Å². The Kier molecular flexibility index (Phi) is 7.98. The van der Waals surface area contributed by atoms with Crippen molar-refractivity contribution in [2.24, 2.45) is 0 Å². The van der Waals surface area contributed by atoms with Gasteiger partial charge in [0.2, 0.25) is 0 Å². The van der Waals surface area contributed by atoms with E-state index in [0.29, 0.717) is 0 Å². The van der Waals surface area contributed by atoms with Crippen LogP contribution in [0.15, 0.2) is 146 Å². The maximum Gasteiger partial charge on any atom is 0.388 e. The highest BCUT2D eigenvalue weighted by atomic mass is 28.3. The van der Waals surface area contributed by atoms with Crippen LogP contribution in [0.2, 0.25) is 13.1 Å². The van der Waals surface area contributed by atoms with Crippen LogP contribution in [-0.4, -0.2) is 28.3 Å². The maximum atomic E-state index is 4.91. The Labute approximate surface area is 246 Å². The zero-order valence-electron chi connectivity index (χ0n) is 23.2. The molecule has 0 N–H and O–H groups in total. The van der Waals surface area contributed by atoms with E-state index in [0.717, 1.165) is 49.1 Å². The second-order valence-electron chi connectivity index (χ2n) is 9.88. The van der Waals surface area contributed by atoms with Crippen LogP contribution in [0.5, 0.6) is 0 Å². The molecule has 196 valence electrons. The number of pyridine rings is 2. The Morgan fingerprint density at radius 2 is 1.10 bits per heavy atom. The fraction of sp³-hybridized carbons (Fsp3) is 0.0556. The minimum Gasteiger partial charge on any atom is -0.310 e. The summed E-state index contributed by atoms with van der Waals surface area (Å²) in [7, 11) is -0.0985. The minimum absolute atomic E-state index is 0.743. The molecule has 0 saturated heterocycles. The summed E-state index contributed by atoms with van der Waals surface area (Å²) in [5, 5.41) is 3.97. The van der Waals surface area contributed by atoms with Gasteiger partial charge in [-0.1, -0.05) is 73.3 Å². The molecule has 0 bridgehead atoms. The highest BCUT2D eigenvalue weighted by molar-refractivity contribution is 6.84. The molecule has 0 aliphatic rings. The van der Waals surface area contributed by atoms with Crippen molar-refractivity contribution in [3.63, 3.8) is 0 Å². The zero-order chi connectivity index (χ0) is 28.0. The Bertz CT molecular complexity index is 1720. The van der Waals surface area contributed by atoms with Gasteiger partial charge in [-0.05, 0) is 71.9 Å². The van der Waals surface area contributed by atoms with Crippen molar-refractivity contribution in [3.05, 3.63) is 146 Å². The molecule has 2 radical (unpaired) electrons. The lowest BCUT2D eigenvalue weighted by atomic mass is 10.1. The predicted molar refractivity (Wildman–Crippen MR) is 176 cm³/mol. The van der Waals surface area contributed by atoms with Crippen molar-refractivity contribution in [1.29, 1.82) is 0 Å². The molecule has 0 fully saturated rings. The number of benzene rings is 4. The second kappa shape index (κ2) is 12.3. The summed E-state index contributed by atoms with van der Waals surface area (Å²) in [6.45, 7) is 4.51. The van der Waals surface area contributed by atoms with Gasteiger partial charge in [-0.2, -0.15) is 0 Å². The van der Waals surface area contributed by atoms with Crippen molar-refractivity contribution in [2.75, 3.05) is 4.90 Å². The van der Waals surface area contributed by atoms with E-state index in [1.807, 2.05) is 6.20 Å². The first-order valence-electron chi connectivity index (χ1n) is 13.7. The summed E-state index contributed by atoms with van der Waals surface area (Å²) >= 11 is 0. The van der Waals surface area contributed by atoms with Crippen molar-refractivity contribution >= 4 is 50.9 Å². The average Bonchev–Trinajstić information content (AvgIpc) is 3.06. The van der Waals surface area contributed by atoms with Gasteiger partial charge in [-0.3, -0.25) is 9.97 Å². The number of nitrogens with zero attached hydrogens (tertiary/aromatic N) is 3. The van der Waals surface area contributed by atoms with Gasteiger partial charge >= 0.3 is 8.80 Å². The standard InChI is InChI=1S/C36H30N3Si2/c1-40-32-19-21-35(37-25-32)27-11-9-15-30(23-27)39(29-13-5-3-6-14-29)31-16-10-12-28(24-31)36-22-20-34(26-38-36)41(2)33-17-7-4-8-18-33/h3-26H,1-2H3/q+1. The minimum atomic E-state index is -0.842. The normalized spacial score (nSPS) is 10.8. The smallest absolute Gasteiger partial charge is 0.310 e. The van der Waals surface area contributed by atoms with Crippen LogP contribution in [0.4, 0.5) is 17.1 Å². The first kappa shape index (κ1) is 26.6. The average molecular weight is 561 g/mol. The quantitative estimate of drug-likeness (QED) is 0.190. The fourth-order valence-corrected chi connectivity index (χ4v) is 7.05. The molecule has 6 rings (SSSR count). The highest BCUT2D eigenvalue weighted by Gasteiger charge is 2.26. The molecule has 41 heavy (non-hydrogen) atoms. The molecule has 0 unspecified atom stereocenters. The summed E-state index contributed by atoms with van der Waals surface area (Å²) in [6, 6.07) is 47.2. The predicted octanol–water partition coefficient (Wildman–Crippen LogP) is 6.90. The van der Waals surface area contributed by atoms with Crippen LogP contribution in [0, 0.1) is 0 Å². The van der Waals surface area contributed by atoms with Gasteiger partial charge in [0.25, 0.3) is 0 Å². The van der Waals surface area contributed by atoms with E-state index >= 15 is 0 Å². The third kappa shape index (κ3) is 5.97. The molecule has 2 heterocycles. The Hall–Kier alpha value is -4.59. The lowest BCUT2D eigenvalue weighted by molar-refractivity contribution is 1.27. The topological polar surface area (TPSA) is 29.0 Å². The van der Waals surface area contributed by atoms with Gasteiger partial charge in [0.05, 0.1) is 33.7 Å². The Balaban J connectivity index is 1.35. The summed E-state index contributed by atoms with van der Waals surface area (Å²) in [4.78, 5) is 11.9. The largest absolute Gasteiger partial charge is 0.388 e. The van der Waals surface area contributed by atoms with E-state index in [1.165, 1.54) is 15.6 Å². The van der Waals surface area contributed by atoms with Crippen molar-refractivity contribution in [2.45, 2.75) is 13.1 Å². The van der Waals surface area contributed by atoms with Crippen molar-refractivity contribution < 1.29 is 0 Å². The molecule has 0 atom stereocenters. The maximum absolute atomic E-state index is 4.91. The van der Waals surface area contributed by atoms with Gasteiger partial charge in [0.1, 0.15) is 10.4 Å². The van der Waals surface area contributed by atoms with Crippen LogP contribution < -0.4 is 20.5 Å². The Morgan fingerprint density at radius 3 is 1.63 bits per heavy atom. The van der Waals surface area contributed by atoms with Gasteiger partial charge in [0, 0.05) is 34.4 Å². The molecule has 0 spiro atoms. The van der Waals surface area contributed by atoms with E-state index in [-0.39, 0.29) is 0 Å². The Morgan fingerprint density at radius 1 is 0.537 bits per heavy atom. The number of aromatic nitrogens is 2. The molecule has 0 aliphatic carbocycles. The van der Waals surface area contributed by atoms with E-state index < -0.39 is 8.80 Å². The third-order valence-electron chi connectivity index (χ3n) is 7.27. The number of hydrogen-bond donors (Lipinski definition) is 0. The molecule has 0 aliphatic heterocycles. The summed E-state index contributed by atoms with van der Waals surface area (Å²) < 4.78 is 0. The molecule has 6 aromatic rings. The highest BCUT2D eigenvalue weighted by Crippen LogP contribution is 2.37. The molecule has 2 aromatic heterocycles. The van der Waals surface area contributed by atoms with Gasteiger partial charge in [0.15, 0.2) is 0 Å². The van der Waals surface area contributed by atoms with Crippen LogP contribution in [0.3, 0.4) is 0 Å². The molecule has 5 heteroatoms. The van der Waals surface area contributed by atoms with Gasteiger partial charge in [-0.25, -0.2) is 0 Å². The van der Waals surface area contributed by atoms with Crippen LogP contribution in [0.1, 0.15) is 0 Å². The number of anilines is 3. The fourth-order valence-electron chi connectivity index (χ4n) is 4.99. The lowest BCUT2D eigenvalue weighted by Gasteiger charge is -2.26. The molecular weight excluding hydrogens is 531 g/mol. The SMILES string of the molecule is C[Si]c1ccc(-c2cccc(N(c3ccccc3)c3cccc(-c4ccc([Si+](C)c5ccccc5)cn4)c3)c2)nc1. The summed E-state index contributed by atoms with van der Waals surface area (Å²) in [5.74, 6) is 0. The monoisotopic (exact) mass is 560 g/mol. The van der Waals surface area contributed by atoms with Crippen LogP contribution in [0.25, 0.3) is 22.5 Å². The number of hydrogen-bond acceptors (Lipinski definition) is 3. The molecule has 3 nitrogen and oxygen atoms in total. The van der Waals surface area contributed by atoms with Crippen molar-refractivity contribution in [1.82, 2.24) is 9.97 Å². The molecule has 0 saturated carbocycles. The first-order chi connectivity index (χ1) is 20.2. The zero-order valence-corrected chi connectivity index (χ0v) is 25.2. The van der Waals surface area contributed by atoms with Crippen LogP contribution in [-0.2, 0) is 0 Å². The second-order valence-corrected chi connectivity index (χ2v) is 13.4. The lowest BCUT2D eigenvalue weighted by Crippen LogP contribution is -2.39. The van der Waals surface area contributed by atoms with E-state index in [2.05, 4.69) is 158 Å².